The van der Waals surface area contributed by atoms with Crippen LogP contribution < -0.4 is 0 Å². The molecule has 0 bridgehead atoms. The number of fused-ring (bicyclic) bond motifs is 1. The Morgan fingerprint density at radius 2 is 1.89 bits per heavy atom. The summed E-state index contributed by atoms with van der Waals surface area (Å²) >= 11 is 0. The summed E-state index contributed by atoms with van der Waals surface area (Å²) in [6.07, 6.45) is 1.33. The minimum absolute atomic E-state index is 0.0192. The molecule has 2 aliphatic rings. The molecule has 1 aromatic heterocycles. The van der Waals surface area contributed by atoms with Crippen molar-refractivity contribution in [2.24, 2.45) is 11.8 Å². The molecular formula is C22H25N3O3. The number of amides is 2. The molecule has 0 unspecified atom stereocenters. The van der Waals surface area contributed by atoms with Gasteiger partial charge < -0.3 is 14.9 Å². The first-order valence-corrected chi connectivity index (χ1v) is 9.64. The summed E-state index contributed by atoms with van der Waals surface area (Å²) in [7, 11) is 0. The Morgan fingerprint density at radius 3 is 2.61 bits per heavy atom. The third-order valence-corrected chi connectivity index (χ3v) is 6.11. The molecule has 3 atom stereocenters. The molecule has 2 aliphatic heterocycles. The summed E-state index contributed by atoms with van der Waals surface area (Å²) in [6, 6.07) is 9.77. The Balaban J connectivity index is 1.63. The first kappa shape index (κ1) is 18.5. The Hall–Kier alpha value is -2.89. The number of likely N-dealkylation sites (tertiary alicyclic amines) is 2. The summed E-state index contributed by atoms with van der Waals surface area (Å²) in [5.41, 5.74) is 3.30. The number of hydrogen-bond acceptors (Lipinski definition) is 4. The first-order valence-electron chi connectivity index (χ1n) is 9.64. The highest BCUT2D eigenvalue weighted by Gasteiger charge is 2.49. The number of carbonyl (C=O) groups excluding carboxylic acids is 2. The lowest BCUT2D eigenvalue weighted by Crippen LogP contribution is -2.36. The van der Waals surface area contributed by atoms with Crippen LogP contribution in [0.2, 0.25) is 0 Å². The highest BCUT2D eigenvalue weighted by molar-refractivity contribution is 5.97. The monoisotopic (exact) mass is 379 g/mol. The molecule has 6 nitrogen and oxygen atoms in total. The van der Waals surface area contributed by atoms with E-state index in [1.54, 1.807) is 19.9 Å². The van der Waals surface area contributed by atoms with Crippen molar-refractivity contribution >= 4 is 11.8 Å². The van der Waals surface area contributed by atoms with Gasteiger partial charge in [0.2, 0.25) is 5.91 Å². The maximum atomic E-state index is 13.0. The topological polar surface area (TPSA) is 73.7 Å². The minimum Gasteiger partial charge on any atom is -0.505 e. The van der Waals surface area contributed by atoms with Crippen LogP contribution in [0, 0.1) is 25.7 Å². The number of aromatic hydroxyl groups is 1. The summed E-state index contributed by atoms with van der Waals surface area (Å²) < 4.78 is 0. The third-order valence-electron chi connectivity index (χ3n) is 6.11. The van der Waals surface area contributed by atoms with Gasteiger partial charge in [-0.15, -0.1) is 0 Å². The smallest absolute Gasteiger partial charge is 0.257 e. The molecule has 146 valence electrons. The number of pyridine rings is 1. The third kappa shape index (κ3) is 3.03. The fourth-order valence-corrected chi connectivity index (χ4v) is 4.75. The zero-order chi connectivity index (χ0) is 20.0. The summed E-state index contributed by atoms with van der Waals surface area (Å²) in [5.74, 6) is 0.244. The Bertz CT molecular complexity index is 942. The molecule has 6 heteroatoms. The molecule has 2 aromatic rings. The van der Waals surface area contributed by atoms with Crippen LogP contribution in [0.15, 0.2) is 36.5 Å². The Morgan fingerprint density at radius 1 is 1.14 bits per heavy atom. The second-order valence-corrected chi connectivity index (χ2v) is 7.95. The lowest BCUT2D eigenvalue weighted by molar-refractivity contribution is -0.130. The SMILES string of the molecule is CC(=O)N1C[C@H]2CN(C(=O)c3cc(C)ncc3O)C[C@H]2[C@@H]1c1ccccc1C. The number of aryl methyl sites for hydroxylation is 2. The highest BCUT2D eigenvalue weighted by Crippen LogP contribution is 2.46. The summed E-state index contributed by atoms with van der Waals surface area (Å²) in [6.45, 7) is 7.31. The molecule has 0 saturated carbocycles. The highest BCUT2D eigenvalue weighted by atomic mass is 16.3. The van der Waals surface area contributed by atoms with Crippen LogP contribution in [0.1, 0.15) is 40.1 Å². The van der Waals surface area contributed by atoms with E-state index in [0.29, 0.717) is 30.9 Å². The molecule has 28 heavy (non-hydrogen) atoms. The molecule has 0 radical (unpaired) electrons. The van der Waals surface area contributed by atoms with Gasteiger partial charge in [0.05, 0.1) is 17.8 Å². The van der Waals surface area contributed by atoms with Crippen LogP contribution >= 0.6 is 0 Å². The zero-order valence-corrected chi connectivity index (χ0v) is 16.4. The molecule has 4 rings (SSSR count). The Kier molecular flexibility index (Phi) is 4.57. The number of nitrogens with zero attached hydrogens (tertiary/aromatic N) is 3. The molecule has 0 aliphatic carbocycles. The fourth-order valence-electron chi connectivity index (χ4n) is 4.75. The molecule has 3 heterocycles. The van der Waals surface area contributed by atoms with E-state index < -0.39 is 0 Å². The van der Waals surface area contributed by atoms with E-state index in [4.69, 9.17) is 0 Å². The van der Waals surface area contributed by atoms with Crippen LogP contribution in [0.4, 0.5) is 0 Å². The van der Waals surface area contributed by atoms with Gasteiger partial charge >= 0.3 is 0 Å². The number of aromatic nitrogens is 1. The number of benzene rings is 1. The maximum absolute atomic E-state index is 13.0. The normalized spacial score (nSPS) is 23.8. The number of rotatable bonds is 2. The molecule has 0 spiro atoms. The summed E-state index contributed by atoms with van der Waals surface area (Å²) in [4.78, 5) is 33.1. The largest absolute Gasteiger partial charge is 0.505 e. The quantitative estimate of drug-likeness (QED) is 0.871. The molecule has 2 fully saturated rings. The molecule has 1 N–H and O–H groups in total. The van der Waals surface area contributed by atoms with E-state index in [1.165, 1.54) is 6.20 Å². The van der Waals surface area contributed by atoms with Gasteiger partial charge in [-0.3, -0.25) is 14.6 Å². The van der Waals surface area contributed by atoms with Crippen molar-refractivity contribution in [1.29, 1.82) is 0 Å². The minimum atomic E-state index is -0.171. The predicted molar refractivity (Wildman–Crippen MR) is 105 cm³/mol. The van der Waals surface area contributed by atoms with E-state index in [9.17, 15) is 14.7 Å². The van der Waals surface area contributed by atoms with Crippen LogP contribution in [0.25, 0.3) is 0 Å². The van der Waals surface area contributed by atoms with Crippen molar-refractivity contribution in [2.45, 2.75) is 26.8 Å². The van der Waals surface area contributed by atoms with Crippen LogP contribution in [0.3, 0.4) is 0 Å². The van der Waals surface area contributed by atoms with E-state index >= 15 is 0 Å². The van der Waals surface area contributed by atoms with Crippen molar-refractivity contribution in [3.8, 4) is 5.75 Å². The molecule has 2 saturated heterocycles. The van der Waals surface area contributed by atoms with Crippen LogP contribution in [-0.2, 0) is 4.79 Å². The lowest BCUT2D eigenvalue weighted by Gasteiger charge is -2.30. The summed E-state index contributed by atoms with van der Waals surface area (Å²) in [5, 5.41) is 10.1. The van der Waals surface area contributed by atoms with E-state index in [2.05, 4.69) is 24.0 Å². The average Bonchev–Trinajstić information content (AvgIpc) is 3.22. The van der Waals surface area contributed by atoms with Gasteiger partial charge in [0.25, 0.3) is 5.91 Å². The second-order valence-electron chi connectivity index (χ2n) is 7.95. The van der Waals surface area contributed by atoms with Gasteiger partial charge in [0.1, 0.15) is 5.75 Å². The molecule has 1 aromatic carbocycles. The molecule has 2 amide bonds. The number of carbonyl (C=O) groups is 2. The van der Waals surface area contributed by atoms with E-state index in [1.807, 2.05) is 21.9 Å². The van der Waals surface area contributed by atoms with Crippen molar-refractivity contribution in [2.75, 3.05) is 19.6 Å². The average molecular weight is 379 g/mol. The van der Waals surface area contributed by atoms with E-state index in [0.717, 1.165) is 11.1 Å². The van der Waals surface area contributed by atoms with Gasteiger partial charge in [-0.2, -0.15) is 0 Å². The fraction of sp³-hybridized carbons (Fsp3) is 0.409. The van der Waals surface area contributed by atoms with Crippen molar-refractivity contribution in [3.63, 3.8) is 0 Å². The van der Waals surface area contributed by atoms with Gasteiger partial charge in [0.15, 0.2) is 0 Å². The van der Waals surface area contributed by atoms with Crippen LogP contribution in [0.5, 0.6) is 5.75 Å². The zero-order valence-electron chi connectivity index (χ0n) is 16.4. The first-order chi connectivity index (χ1) is 13.4. The second kappa shape index (κ2) is 6.93. The van der Waals surface area contributed by atoms with Gasteiger partial charge in [0, 0.05) is 44.1 Å². The van der Waals surface area contributed by atoms with Crippen molar-refractivity contribution in [1.82, 2.24) is 14.8 Å². The predicted octanol–water partition coefficient (Wildman–Crippen LogP) is 2.70. The van der Waals surface area contributed by atoms with Gasteiger partial charge in [-0.1, -0.05) is 24.3 Å². The number of hydrogen-bond donors (Lipinski definition) is 1. The van der Waals surface area contributed by atoms with E-state index in [-0.39, 0.29) is 35.4 Å². The van der Waals surface area contributed by atoms with Crippen molar-refractivity contribution < 1.29 is 14.7 Å². The molecular weight excluding hydrogens is 354 g/mol. The van der Waals surface area contributed by atoms with Crippen LogP contribution in [-0.4, -0.2) is 51.3 Å². The van der Waals surface area contributed by atoms with Gasteiger partial charge in [-0.25, -0.2) is 0 Å². The van der Waals surface area contributed by atoms with Gasteiger partial charge in [-0.05, 0) is 31.0 Å². The Labute approximate surface area is 164 Å². The lowest BCUT2D eigenvalue weighted by atomic mass is 9.87. The standard InChI is InChI=1S/C22H25N3O3/c1-13-6-4-5-7-17(13)21-19-12-24(10-16(19)11-25(21)15(3)26)22(28)18-8-14(2)23-9-20(18)27/h4-9,16,19,21,27H,10-12H2,1-3H3/t16-,19-,21+/m1/s1. The van der Waals surface area contributed by atoms with Crippen molar-refractivity contribution in [3.05, 3.63) is 58.9 Å². The maximum Gasteiger partial charge on any atom is 0.257 e.